The summed E-state index contributed by atoms with van der Waals surface area (Å²) in [5, 5.41) is 13.6. The van der Waals surface area contributed by atoms with E-state index >= 15 is 0 Å². The maximum atomic E-state index is 14.9. The first-order valence-corrected chi connectivity index (χ1v) is 17.5. The highest BCUT2D eigenvalue weighted by Gasteiger charge is 2.73. The molecule has 5 aliphatic rings. The van der Waals surface area contributed by atoms with Crippen molar-refractivity contribution in [2.24, 2.45) is 17.8 Å². The summed E-state index contributed by atoms with van der Waals surface area (Å²) < 4.78 is 18.7. The lowest BCUT2D eigenvalue weighted by atomic mass is 9.77. The summed E-state index contributed by atoms with van der Waals surface area (Å²) >= 11 is 0. The summed E-state index contributed by atoms with van der Waals surface area (Å²) in [7, 11) is 1.52. The first-order valence-electron chi connectivity index (χ1n) is 17.5. The van der Waals surface area contributed by atoms with Crippen molar-refractivity contribution >= 4 is 23.7 Å². The third-order valence-electron chi connectivity index (χ3n) is 10.9. The lowest BCUT2D eigenvalue weighted by molar-refractivity contribution is -0.163. The molecule has 1 aromatic rings. The number of carbonyl (C=O) groups is 4. The molecule has 4 heterocycles. The van der Waals surface area contributed by atoms with Crippen LogP contribution in [0.3, 0.4) is 0 Å². The van der Waals surface area contributed by atoms with E-state index in [-0.39, 0.29) is 43.4 Å². The first kappa shape index (κ1) is 34.3. The fraction of sp³-hybridized carbons (Fsp3) is 0.622. The van der Waals surface area contributed by atoms with Crippen LogP contribution in [-0.4, -0.2) is 101 Å². The van der Waals surface area contributed by atoms with E-state index in [9.17, 15) is 24.3 Å². The molecule has 0 radical (unpaired) electrons. The number of allylic oxidation sites excluding steroid dienone is 1. The number of amides is 3. The first-order chi connectivity index (χ1) is 23.2. The number of carbonyl (C=O) groups excluding carboxylic acids is 4. The van der Waals surface area contributed by atoms with Gasteiger partial charge in [-0.05, 0) is 30.7 Å². The van der Waals surface area contributed by atoms with Crippen LogP contribution in [0.15, 0.2) is 54.6 Å². The van der Waals surface area contributed by atoms with Gasteiger partial charge < -0.3 is 34.4 Å². The molecule has 1 aliphatic carbocycles. The average molecular weight is 664 g/mol. The van der Waals surface area contributed by atoms with Gasteiger partial charge in [-0.2, -0.15) is 0 Å². The highest BCUT2D eigenvalue weighted by atomic mass is 16.6. The van der Waals surface area contributed by atoms with Crippen LogP contribution in [0.25, 0.3) is 0 Å². The Hall–Kier alpha value is -3.54. The zero-order valence-corrected chi connectivity index (χ0v) is 28.2. The van der Waals surface area contributed by atoms with Crippen molar-refractivity contribution in [2.45, 2.75) is 101 Å². The maximum absolute atomic E-state index is 14.9. The van der Waals surface area contributed by atoms with Gasteiger partial charge in [0.1, 0.15) is 23.7 Å². The van der Waals surface area contributed by atoms with Gasteiger partial charge in [0.2, 0.25) is 17.7 Å². The number of esters is 1. The molecule has 0 aromatic heterocycles. The van der Waals surface area contributed by atoms with E-state index in [2.05, 4.69) is 5.32 Å². The molecule has 11 heteroatoms. The number of nitrogens with zero attached hydrogens (tertiary/aromatic N) is 2. The molecule has 4 aliphatic heterocycles. The molecule has 2 saturated heterocycles. The molecule has 8 atom stereocenters. The molecular formula is C37H49N3O8. The number of benzene rings is 1. The Balaban J connectivity index is 1.45. The van der Waals surface area contributed by atoms with Gasteiger partial charge in [0, 0.05) is 26.1 Å². The molecule has 1 spiro atoms. The number of aliphatic hydroxyl groups is 1. The van der Waals surface area contributed by atoms with Crippen LogP contribution in [0.1, 0.15) is 70.5 Å². The molecule has 11 nitrogen and oxygen atoms in total. The summed E-state index contributed by atoms with van der Waals surface area (Å²) in [5.74, 6) is -3.82. The Labute approximate surface area is 282 Å². The Morgan fingerprint density at radius 2 is 1.79 bits per heavy atom. The normalized spacial score (nSPS) is 34.4. The minimum atomic E-state index is -1.46. The van der Waals surface area contributed by atoms with Crippen molar-refractivity contribution in [2.75, 3.05) is 26.9 Å². The van der Waals surface area contributed by atoms with E-state index in [0.29, 0.717) is 18.5 Å². The number of hydrogen-bond acceptors (Lipinski definition) is 8. The number of hydrogen-bond donors (Lipinski definition) is 2. The zero-order valence-electron chi connectivity index (χ0n) is 28.2. The second-order valence-corrected chi connectivity index (χ2v) is 14.1. The minimum absolute atomic E-state index is 0.0440. The molecule has 0 bridgehead atoms. The van der Waals surface area contributed by atoms with E-state index < -0.39 is 59.6 Å². The van der Waals surface area contributed by atoms with Gasteiger partial charge in [0.15, 0.2) is 0 Å². The van der Waals surface area contributed by atoms with Crippen LogP contribution in [0.2, 0.25) is 0 Å². The van der Waals surface area contributed by atoms with Crippen LogP contribution in [0.5, 0.6) is 0 Å². The van der Waals surface area contributed by atoms with Gasteiger partial charge in [-0.1, -0.05) is 87.7 Å². The lowest BCUT2D eigenvalue weighted by Crippen LogP contribution is -2.60. The second-order valence-electron chi connectivity index (χ2n) is 14.1. The number of ether oxygens (including phenoxy) is 3. The molecule has 260 valence electrons. The highest BCUT2D eigenvalue weighted by molar-refractivity contribution is 5.99. The fourth-order valence-electron chi connectivity index (χ4n) is 8.55. The molecule has 2 N–H and O–H groups in total. The fourth-order valence-corrected chi connectivity index (χ4v) is 8.55. The van der Waals surface area contributed by atoms with E-state index in [1.54, 1.807) is 12.2 Å². The summed E-state index contributed by atoms with van der Waals surface area (Å²) in [6.07, 6.45) is 11.0. The van der Waals surface area contributed by atoms with Crippen molar-refractivity contribution in [3.05, 3.63) is 60.2 Å². The largest absolute Gasteiger partial charge is 0.455 e. The van der Waals surface area contributed by atoms with Gasteiger partial charge in [0.25, 0.3) is 0 Å². The molecule has 0 unspecified atom stereocenters. The van der Waals surface area contributed by atoms with Gasteiger partial charge in [0.05, 0.1) is 37.3 Å². The number of aliphatic hydroxyl groups excluding tert-OH is 1. The molecule has 3 fully saturated rings. The topological polar surface area (TPSA) is 135 Å². The van der Waals surface area contributed by atoms with Crippen molar-refractivity contribution in [3.63, 3.8) is 0 Å². The van der Waals surface area contributed by atoms with Gasteiger partial charge >= 0.3 is 5.97 Å². The average Bonchev–Trinajstić information content (AvgIpc) is 3.46. The summed E-state index contributed by atoms with van der Waals surface area (Å²) in [4.78, 5) is 60.7. The number of methoxy groups -OCH3 is 1. The Bertz CT molecular complexity index is 1410. The van der Waals surface area contributed by atoms with Crippen LogP contribution in [0, 0.1) is 17.8 Å². The van der Waals surface area contributed by atoms with Crippen LogP contribution < -0.4 is 5.32 Å². The van der Waals surface area contributed by atoms with Crippen molar-refractivity contribution < 1.29 is 38.5 Å². The Morgan fingerprint density at radius 3 is 2.48 bits per heavy atom. The third kappa shape index (κ3) is 6.20. The van der Waals surface area contributed by atoms with Gasteiger partial charge in [-0.15, -0.1) is 0 Å². The molecule has 3 amide bonds. The Morgan fingerprint density at radius 1 is 1.04 bits per heavy atom. The molecule has 1 saturated carbocycles. The maximum Gasteiger partial charge on any atom is 0.313 e. The predicted octanol–water partition coefficient (Wildman–Crippen LogP) is 3.08. The zero-order chi connectivity index (χ0) is 34.0. The van der Waals surface area contributed by atoms with Crippen LogP contribution >= 0.6 is 0 Å². The third-order valence-corrected chi connectivity index (χ3v) is 10.9. The van der Waals surface area contributed by atoms with Gasteiger partial charge in [-0.25, -0.2) is 0 Å². The number of likely N-dealkylation sites (tertiary alicyclic amines) is 1. The standard InChI is InChI=1S/C37H49N3O8/c1-23(2)27(21-41)40-33-35(44)39(25-15-8-5-9-16-25)20-12-19-37(33)31(34(40)43)30-28(48-37)17-10-11-18-29(42)38-26(22-46-3)32(47-36(30)45)24-13-6-4-7-14-24/h4,6-7,10,12-14,17,19,23,25-28,30-33,41H,5,8-9,11,15-16,18,20-22H2,1-3H3,(H,38,42)/b17-10-/t26-,27-,28-,30+,31+,32-,33-,37+/m0/s1. The molecular weight excluding hydrogens is 614 g/mol. The quantitative estimate of drug-likeness (QED) is 0.336. The number of rotatable bonds is 7. The monoisotopic (exact) mass is 663 g/mol. The minimum Gasteiger partial charge on any atom is -0.455 e. The Kier molecular flexibility index (Phi) is 10.4. The molecule has 6 rings (SSSR count). The second kappa shape index (κ2) is 14.5. The van der Waals surface area contributed by atoms with E-state index in [4.69, 9.17) is 14.2 Å². The van der Waals surface area contributed by atoms with Gasteiger partial charge in [-0.3, -0.25) is 19.2 Å². The highest BCUT2D eigenvalue weighted by Crippen LogP contribution is 2.54. The number of fused-ring (bicyclic) bond motifs is 2. The van der Waals surface area contributed by atoms with Crippen LogP contribution in [-0.2, 0) is 33.4 Å². The molecule has 48 heavy (non-hydrogen) atoms. The van der Waals surface area contributed by atoms with E-state index in [1.165, 1.54) is 12.0 Å². The smallest absolute Gasteiger partial charge is 0.313 e. The predicted molar refractivity (Wildman–Crippen MR) is 176 cm³/mol. The van der Waals surface area contributed by atoms with Crippen molar-refractivity contribution in [1.29, 1.82) is 0 Å². The number of cyclic esters (lactones) is 1. The van der Waals surface area contributed by atoms with E-state index in [1.807, 2.05) is 61.2 Å². The van der Waals surface area contributed by atoms with Crippen LogP contribution in [0.4, 0.5) is 0 Å². The SMILES string of the molecule is COC[C@@H]1NC(=O)CC/C=C\[C@@H]2O[C@@]34C=CCN(C5CCCCC5)C(=O)[C@@H]3N([C@@H](CO)C(C)C)C(=O)[C@H]4[C@@H]2C(=O)O[C@H]1c1ccccc1. The van der Waals surface area contributed by atoms with Crippen molar-refractivity contribution in [1.82, 2.24) is 15.1 Å². The summed E-state index contributed by atoms with van der Waals surface area (Å²) in [5.41, 5.74) is -0.794. The lowest BCUT2D eigenvalue weighted by Gasteiger charge is -2.42. The summed E-state index contributed by atoms with van der Waals surface area (Å²) in [6, 6.07) is 6.78. The number of nitrogens with one attached hydrogen (secondary N) is 1. The van der Waals surface area contributed by atoms with E-state index in [0.717, 1.165) is 32.1 Å². The summed E-state index contributed by atoms with van der Waals surface area (Å²) in [6.45, 7) is 3.95. The molecule has 1 aromatic carbocycles. The van der Waals surface area contributed by atoms with Crippen molar-refractivity contribution in [3.8, 4) is 0 Å².